The number of alkyl halides is 3. The summed E-state index contributed by atoms with van der Waals surface area (Å²) in [5, 5.41) is 0. The molecule has 2 aromatic rings. The summed E-state index contributed by atoms with van der Waals surface area (Å²) in [5.41, 5.74) is 8.72. The molecule has 0 saturated heterocycles. The second-order valence-electron chi connectivity index (χ2n) is 5.96. The van der Waals surface area contributed by atoms with Crippen molar-refractivity contribution in [3.63, 3.8) is 0 Å². The summed E-state index contributed by atoms with van der Waals surface area (Å²) < 4.78 is 45.6. The topological polar surface area (TPSA) is 35.2 Å². The van der Waals surface area contributed by atoms with Crippen molar-refractivity contribution in [1.29, 1.82) is 0 Å². The third kappa shape index (κ3) is 2.81. The number of ether oxygens (including phenoxy) is 1. The Balaban J connectivity index is 2.26. The molecule has 0 aliphatic carbocycles. The molecule has 1 aliphatic heterocycles. The fourth-order valence-corrected chi connectivity index (χ4v) is 3.15. The van der Waals surface area contributed by atoms with E-state index in [1.165, 1.54) is 12.1 Å². The molecule has 0 saturated carbocycles. The first-order chi connectivity index (χ1) is 10.8. The molecule has 2 N–H and O–H groups in total. The zero-order valence-electron chi connectivity index (χ0n) is 13.0. The Bertz CT molecular complexity index is 732. The van der Waals surface area contributed by atoms with Crippen molar-refractivity contribution in [2.45, 2.75) is 32.5 Å². The first-order valence-corrected chi connectivity index (χ1v) is 7.48. The number of nitrogens with two attached hydrogens (primary N) is 1. The van der Waals surface area contributed by atoms with Gasteiger partial charge in [-0.05, 0) is 48.2 Å². The van der Waals surface area contributed by atoms with Gasteiger partial charge in [-0.15, -0.1) is 0 Å². The van der Waals surface area contributed by atoms with Crippen LogP contribution in [0.1, 0.15) is 22.3 Å². The van der Waals surface area contributed by atoms with Crippen molar-refractivity contribution >= 4 is 0 Å². The summed E-state index contributed by atoms with van der Waals surface area (Å²) in [6.45, 7) is 4.07. The lowest BCUT2D eigenvalue weighted by Crippen LogP contribution is -2.24. The van der Waals surface area contributed by atoms with Crippen LogP contribution in [-0.4, -0.2) is 12.6 Å². The highest BCUT2D eigenvalue weighted by Crippen LogP contribution is 2.45. The predicted molar refractivity (Wildman–Crippen MR) is 83.5 cm³/mol. The van der Waals surface area contributed by atoms with E-state index in [0.29, 0.717) is 23.3 Å². The van der Waals surface area contributed by atoms with Gasteiger partial charge in [0, 0.05) is 18.5 Å². The molecule has 2 aromatic carbocycles. The van der Waals surface area contributed by atoms with Gasteiger partial charge in [-0.1, -0.05) is 18.2 Å². The van der Waals surface area contributed by atoms with Gasteiger partial charge in [0.15, 0.2) is 0 Å². The van der Waals surface area contributed by atoms with Gasteiger partial charge in [0.25, 0.3) is 0 Å². The van der Waals surface area contributed by atoms with E-state index in [1.54, 1.807) is 0 Å². The molecule has 122 valence electrons. The number of benzene rings is 2. The van der Waals surface area contributed by atoms with Crippen LogP contribution in [0.3, 0.4) is 0 Å². The standard InChI is InChI=1S/C18H18F3NO/c1-10-4-3-5-11(2)16(10)15-8-13(18(19,20)21)6-12-7-14(9-22)23-17(12)15/h3-6,8,14H,7,9,22H2,1-2H3. The van der Waals surface area contributed by atoms with Crippen molar-refractivity contribution in [3.05, 3.63) is 52.6 Å². The van der Waals surface area contributed by atoms with Crippen molar-refractivity contribution < 1.29 is 17.9 Å². The third-order valence-corrected chi connectivity index (χ3v) is 4.24. The molecule has 2 nitrogen and oxygen atoms in total. The molecular weight excluding hydrogens is 303 g/mol. The number of halogens is 3. The van der Waals surface area contributed by atoms with E-state index < -0.39 is 11.7 Å². The van der Waals surface area contributed by atoms with Crippen LogP contribution in [0.25, 0.3) is 11.1 Å². The molecule has 1 atom stereocenters. The van der Waals surface area contributed by atoms with E-state index in [9.17, 15) is 13.2 Å². The summed E-state index contributed by atoms with van der Waals surface area (Å²) in [6.07, 6.45) is -4.24. The zero-order chi connectivity index (χ0) is 16.8. The fourth-order valence-electron chi connectivity index (χ4n) is 3.15. The van der Waals surface area contributed by atoms with E-state index in [1.807, 2.05) is 32.0 Å². The molecular formula is C18H18F3NO. The summed E-state index contributed by atoms with van der Waals surface area (Å²) in [5.74, 6) is 0.533. The quantitative estimate of drug-likeness (QED) is 0.897. The van der Waals surface area contributed by atoms with Gasteiger partial charge in [-0.25, -0.2) is 0 Å². The molecule has 3 rings (SSSR count). The molecule has 0 fully saturated rings. The molecule has 1 unspecified atom stereocenters. The maximum Gasteiger partial charge on any atom is 0.416 e. The molecule has 0 spiro atoms. The van der Waals surface area contributed by atoms with Crippen molar-refractivity contribution in [1.82, 2.24) is 0 Å². The Morgan fingerprint density at radius 2 is 1.83 bits per heavy atom. The normalized spacial score (nSPS) is 17.0. The van der Waals surface area contributed by atoms with Crippen LogP contribution >= 0.6 is 0 Å². The van der Waals surface area contributed by atoms with Crippen molar-refractivity contribution in [2.24, 2.45) is 5.73 Å². The fraction of sp³-hybridized carbons (Fsp3) is 0.333. The lowest BCUT2D eigenvalue weighted by atomic mass is 9.91. The molecule has 0 amide bonds. The van der Waals surface area contributed by atoms with Gasteiger partial charge in [0.2, 0.25) is 0 Å². The molecule has 0 bridgehead atoms. The van der Waals surface area contributed by atoms with Gasteiger partial charge in [-0.2, -0.15) is 13.2 Å². The Morgan fingerprint density at radius 1 is 1.17 bits per heavy atom. The second-order valence-corrected chi connectivity index (χ2v) is 5.96. The summed E-state index contributed by atoms with van der Waals surface area (Å²) in [6, 6.07) is 8.05. The van der Waals surface area contributed by atoms with E-state index in [2.05, 4.69) is 0 Å². The van der Waals surface area contributed by atoms with Gasteiger partial charge in [-0.3, -0.25) is 0 Å². The largest absolute Gasteiger partial charge is 0.488 e. The SMILES string of the molecule is Cc1cccc(C)c1-c1cc(C(F)(F)F)cc2c1OC(CN)C2. The minimum absolute atomic E-state index is 0.267. The van der Waals surface area contributed by atoms with E-state index in [0.717, 1.165) is 16.7 Å². The smallest absolute Gasteiger partial charge is 0.416 e. The minimum Gasteiger partial charge on any atom is -0.488 e. The van der Waals surface area contributed by atoms with Crippen molar-refractivity contribution in [2.75, 3.05) is 6.54 Å². The summed E-state index contributed by atoms with van der Waals surface area (Å²) in [7, 11) is 0. The Labute approximate surface area is 133 Å². The first kappa shape index (κ1) is 15.9. The lowest BCUT2D eigenvalue weighted by molar-refractivity contribution is -0.137. The molecule has 0 radical (unpaired) electrons. The summed E-state index contributed by atoms with van der Waals surface area (Å²) >= 11 is 0. The number of rotatable bonds is 2. The van der Waals surface area contributed by atoms with E-state index >= 15 is 0 Å². The lowest BCUT2D eigenvalue weighted by Gasteiger charge is -2.17. The number of hydrogen-bond acceptors (Lipinski definition) is 2. The van der Waals surface area contributed by atoms with Crippen LogP contribution in [-0.2, 0) is 12.6 Å². The Hall–Kier alpha value is -2.01. The highest BCUT2D eigenvalue weighted by atomic mass is 19.4. The van der Waals surface area contributed by atoms with Gasteiger partial charge in [0.05, 0.1) is 5.56 Å². The first-order valence-electron chi connectivity index (χ1n) is 7.48. The Morgan fingerprint density at radius 3 is 2.39 bits per heavy atom. The average Bonchev–Trinajstić information content (AvgIpc) is 2.89. The third-order valence-electron chi connectivity index (χ3n) is 4.24. The van der Waals surface area contributed by atoms with Gasteiger partial charge in [0.1, 0.15) is 11.9 Å². The minimum atomic E-state index is -4.39. The average molecular weight is 321 g/mol. The number of hydrogen-bond donors (Lipinski definition) is 1. The Kier molecular flexibility index (Phi) is 3.84. The van der Waals surface area contributed by atoms with Crippen LogP contribution in [0.15, 0.2) is 30.3 Å². The van der Waals surface area contributed by atoms with Crippen LogP contribution in [0.5, 0.6) is 5.75 Å². The maximum absolute atomic E-state index is 13.3. The predicted octanol–water partition coefficient (Wildman–Crippen LogP) is 4.25. The number of aryl methyl sites for hydroxylation is 2. The van der Waals surface area contributed by atoms with Crippen LogP contribution < -0.4 is 10.5 Å². The van der Waals surface area contributed by atoms with E-state index in [-0.39, 0.29) is 12.6 Å². The monoisotopic (exact) mass is 321 g/mol. The van der Waals surface area contributed by atoms with Crippen molar-refractivity contribution in [3.8, 4) is 16.9 Å². The number of fused-ring (bicyclic) bond motifs is 1. The molecule has 0 aromatic heterocycles. The van der Waals surface area contributed by atoms with Crippen LogP contribution in [0.2, 0.25) is 0 Å². The molecule has 1 heterocycles. The highest BCUT2D eigenvalue weighted by Gasteiger charge is 2.35. The maximum atomic E-state index is 13.3. The van der Waals surface area contributed by atoms with E-state index in [4.69, 9.17) is 10.5 Å². The highest BCUT2D eigenvalue weighted by molar-refractivity contribution is 5.79. The molecule has 23 heavy (non-hydrogen) atoms. The second kappa shape index (κ2) is 5.57. The zero-order valence-corrected chi connectivity index (χ0v) is 13.0. The van der Waals surface area contributed by atoms with Crippen LogP contribution in [0, 0.1) is 13.8 Å². The van der Waals surface area contributed by atoms with Gasteiger partial charge >= 0.3 is 6.18 Å². The molecule has 1 aliphatic rings. The van der Waals surface area contributed by atoms with Crippen LogP contribution in [0.4, 0.5) is 13.2 Å². The summed E-state index contributed by atoms with van der Waals surface area (Å²) in [4.78, 5) is 0. The molecule has 5 heteroatoms. The van der Waals surface area contributed by atoms with Gasteiger partial charge < -0.3 is 10.5 Å².